The zero-order valence-electron chi connectivity index (χ0n) is 13.1. The summed E-state index contributed by atoms with van der Waals surface area (Å²) < 4.78 is 0. The van der Waals surface area contributed by atoms with Crippen LogP contribution in [-0.4, -0.2) is 40.0 Å². The summed E-state index contributed by atoms with van der Waals surface area (Å²) in [6.45, 7) is 4.41. The average molecular weight is 335 g/mol. The van der Waals surface area contributed by atoms with Gasteiger partial charge in [-0.25, -0.2) is 0 Å². The van der Waals surface area contributed by atoms with E-state index in [4.69, 9.17) is 11.6 Å². The van der Waals surface area contributed by atoms with E-state index in [1.54, 1.807) is 4.90 Å². The number of carboxylic acid groups (broad SMARTS) is 1. The third-order valence-corrected chi connectivity index (χ3v) is 5.37. The number of nitrogens with one attached hydrogen (secondary N) is 1. The predicted octanol–water partition coefficient (Wildman–Crippen LogP) is 3.39. The Labute approximate surface area is 139 Å². The van der Waals surface area contributed by atoms with Crippen LogP contribution in [0.2, 0.25) is 5.02 Å². The van der Waals surface area contributed by atoms with Gasteiger partial charge in [-0.2, -0.15) is 0 Å². The second kappa shape index (κ2) is 5.57. The molecule has 1 aromatic carbocycles. The quantitative estimate of drug-likeness (QED) is 0.903. The van der Waals surface area contributed by atoms with Crippen LogP contribution < -0.4 is 0 Å². The average Bonchev–Trinajstić information content (AvgIpc) is 3.10. The molecule has 1 fully saturated rings. The van der Waals surface area contributed by atoms with E-state index in [9.17, 15) is 14.7 Å². The normalized spacial score (nSPS) is 21.3. The molecule has 0 spiro atoms. The molecule has 122 valence electrons. The smallest absolute Gasteiger partial charge is 0.311 e. The SMILES string of the molecule is CC(C)C1(C(=O)O)CCN(C(=O)c2[nH]c3ccccc3c2Cl)C1. The number of H-pyrrole nitrogens is 1. The number of amides is 1. The number of para-hydroxylation sites is 1. The summed E-state index contributed by atoms with van der Waals surface area (Å²) in [4.78, 5) is 29.1. The highest BCUT2D eigenvalue weighted by molar-refractivity contribution is 6.38. The molecule has 0 bridgehead atoms. The number of carbonyl (C=O) groups excluding carboxylic acids is 1. The van der Waals surface area contributed by atoms with Gasteiger partial charge < -0.3 is 15.0 Å². The molecular weight excluding hydrogens is 316 g/mol. The van der Waals surface area contributed by atoms with Crippen molar-refractivity contribution < 1.29 is 14.7 Å². The molecule has 1 saturated heterocycles. The molecular formula is C17H19ClN2O3. The standard InChI is InChI=1S/C17H19ClN2O3/c1-10(2)17(16(22)23)7-8-20(9-17)15(21)14-13(18)11-5-3-4-6-12(11)19-14/h3-6,10,19H,7-9H2,1-2H3,(H,22,23). The minimum Gasteiger partial charge on any atom is -0.481 e. The third-order valence-electron chi connectivity index (χ3n) is 4.98. The fraction of sp³-hybridized carbons (Fsp3) is 0.412. The van der Waals surface area contributed by atoms with Crippen LogP contribution >= 0.6 is 11.6 Å². The topological polar surface area (TPSA) is 73.4 Å². The number of aromatic amines is 1. The highest BCUT2D eigenvalue weighted by Gasteiger charge is 2.48. The molecule has 1 aliphatic heterocycles. The second-order valence-corrected chi connectivity index (χ2v) is 6.83. The van der Waals surface area contributed by atoms with E-state index in [1.165, 1.54) is 0 Å². The van der Waals surface area contributed by atoms with Crippen LogP contribution in [0.25, 0.3) is 10.9 Å². The monoisotopic (exact) mass is 334 g/mol. The molecule has 2 aromatic rings. The minimum absolute atomic E-state index is 0.0454. The summed E-state index contributed by atoms with van der Waals surface area (Å²) >= 11 is 6.33. The van der Waals surface area contributed by atoms with Crippen molar-refractivity contribution in [2.24, 2.45) is 11.3 Å². The van der Waals surface area contributed by atoms with Gasteiger partial charge in [-0.15, -0.1) is 0 Å². The van der Waals surface area contributed by atoms with Crippen molar-refractivity contribution in [3.8, 4) is 0 Å². The molecule has 0 radical (unpaired) electrons. The molecule has 5 nitrogen and oxygen atoms in total. The van der Waals surface area contributed by atoms with E-state index in [0.717, 1.165) is 10.9 Å². The lowest BCUT2D eigenvalue weighted by atomic mass is 9.76. The van der Waals surface area contributed by atoms with E-state index in [0.29, 0.717) is 23.7 Å². The first-order chi connectivity index (χ1) is 10.9. The molecule has 1 unspecified atom stereocenters. The minimum atomic E-state index is -0.881. The fourth-order valence-electron chi connectivity index (χ4n) is 3.31. The maximum atomic E-state index is 12.8. The predicted molar refractivity (Wildman–Crippen MR) is 88.7 cm³/mol. The van der Waals surface area contributed by atoms with Crippen molar-refractivity contribution in [3.63, 3.8) is 0 Å². The Morgan fingerprint density at radius 2 is 2.04 bits per heavy atom. The number of carboxylic acids is 1. The highest BCUT2D eigenvalue weighted by Crippen LogP contribution is 2.39. The Morgan fingerprint density at radius 3 is 2.61 bits per heavy atom. The molecule has 0 aliphatic carbocycles. The highest BCUT2D eigenvalue weighted by atomic mass is 35.5. The van der Waals surface area contributed by atoms with Crippen LogP contribution in [0.4, 0.5) is 0 Å². The molecule has 1 aliphatic rings. The van der Waals surface area contributed by atoms with E-state index in [2.05, 4.69) is 4.98 Å². The van der Waals surface area contributed by atoms with Crippen molar-refractivity contribution in [2.45, 2.75) is 20.3 Å². The van der Waals surface area contributed by atoms with Gasteiger partial charge in [-0.1, -0.05) is 43.6 Å². The number of aromatic nitrogens is 1. The van der Waals surface area contributed by atoms with Gasteiger partial charge in [0.05, 0.1) is 10.4 Å². The van der Waals surface area contributed by atoms with Gasteiger partial charge in [0.1, 0.15) is 5.69 Å². The lowest BCUT2D eigenvalue weighted by Crippen LogP contribution is -2.40. The summed E-state index contributed by atoms with van der Waals surface area (Å²) in [5.41, 5.74) is 0.250. The zero-order chi connectivity index (χ0) is 16.8. The molecule has 3 rings (SSSR count). The van der Waals surface area contributed by atoms with Crippen molar-refractivity contribution in [1.82, 2.24) is 9.88 Å². The molecule has 1 atom stereocenters. The van der Waals surface area contributed by atoms with Gasteiger partial charge in [-0.05, 0) is 18.4 Å². The molecule has 2 heterocycles. The largest absolute Gasteiger partial charge is 0.481 e. The van der Waals surface area contributed by atoms with Crippen LogP contribution in [-0.2, 0) is 4.79 Å². The van der Waals surface area contributed by atoms with Crippen molar-refractivity contribution in [2.75, 3.05) is 13.1 Å². The van der Waals surface area contributed by atoms with Gasteiger partial charge in [-0.3, -0.25) is 9.59 Å². The van der Waals surface area contributed by atoms with Crippen molar-refractivity contribution in [1.29, 1.82) is 0 Å². The van der Waals surface area contributed by atoms with Crippen LogP contribution in [0.15, 0.2) is 24.3 Å². The van der Waals surface area contributed by atoms with Crippen LogP contribution in [0, 0.1) is 11.3 Å². The summed E-state index contributed by atoms with van der Waals surface area (Å²) in [5, 5.41) is 10.8. The maximum Gasteiger partial charge on any atom is 0.311 e. The van der Waals surface area contributed by atoms with Gasteiger partial charge >= 0.3 is 5.97 Å². The van der Waals surface area contributed by atoms with Crippen LogP contribution in [0.1, 0.15) is 30.8 Å². The Bertz CT molecular complexity index is 783. The van der Waals surface area contributed by atoms with Crippen LogP contribution in [0.5, 0.6) is 0 Å². The van der Waals surface area contributed by atoms with Gasteiger partial charge in [0.25, 0.3) is 5.91 Å². The number of carbonyl (C=O) groups is 2. The second-order valence-electron chi connectivity index (χ2n) is 6.45. The van der Waals surface area contributed by atoms with E-state index < -0.39 is 11.4 Å². The lowest BCUT2D eigenvalue weighted by Gasteiger charge is -2.28. The molecule has 1 aromatic heterocycles. The number of nitrogens with zero attached hydrogens (tertiary/aromatic N) is 1. The summed E-state index contributed by atoms with van der Waals surface area (Å²) in [5.74, 6) is -1.13. The summed E-state index contributed by atoms with van der Waals surface area (Å²) in [6.07, 6.45) is 0.462. The number of benzene rings is 1. The molecule has 6 heteroatoms. The van der Waals surface area contributed by atoms with Crippen molar-refractivity contribution in [3.05, 3.63) is 35.0 Å². The first-order valence-corrected chi connectivity index (χ1v) is 8.03. The maximum absolute atomic E-state index is 12.8. The van der Waals surface area contributed by atoms with Gasteiger partial charge in [0, 0.05) is 24.0 Å². The Kier molecular flexibility index (Phi) is 3.84. The lowest BCUT2D eigenvalue weighted by molar-refractivity contribution is -0.150. The van der Waals surface area contributed by atoms with Crippen LogP contribution in [0.3, 0.4) is 0 Å². The number of hydrogen-bond acceptors (Lipinski definition) is 2. The molecule has 2 N–H and O–H groups in total. The number of hydrogen-bond donors (Lipinski definition) is 2. The van der Waals surface area contributed by atoms with Crippen molar-refractivity contribution >= 4 is 34.4 Å². The Balaban J connectivity index is 1.92. The number of likely N-dealkylation sites (tertiary alicyclic amines) is 1. The number of fused-ring (bicyclic) bond motifs is 1. The van der Waals surface area contributed by atoms with Gasteiger partial charge in [0.2, 0.25) is 0 Å². The zero-order valence-corrected chi connectivity index (χ0v) is 13.9. The molecule has 0 saturated carbocycles. The van der Waals surface area contributed by atoms with E-state index in [1.807, 2.05) is 38.1 Å². The number of rotatable bonds is 3. The fourth-order valence-corrected chi connectivity index (χ4v) is 3.61. The summed E-state index contributed by atoms with van der Waals surface area (Å²) in [6, 6.07) is 7.44. The first kappa shape index (κ1) is 15.9. The van der Waals surface area contributed by atoms with E-state index >= 15 is 0 Å². The van der Waals surface area contributed by atoms with E-state index in [-0.39, 0.29) is 18.4 Å². The van der Waals surface area contributed by atoms with Gasteiger partial charge in [0.15, 0.2) is 0 Å². The third kappa shape index (κ3) is 2.39. The molecule has 1 amide bonds. The first-order valence-electron chi connectivity index (χ1n) is 7.65. The summed E-state index contributed by atoms with van der Waals surface area (Å²) in [7, 11) is 0. The number of aliphatic carboxylic acids is 1. The molecule has 23 heavy (non-hydrogen) atoms. The Hall–Kier alpha value is -2.01. The number of halogens is 1. The Morgan fingerprint density at radius 1 is 1.35 bits per heavy atom.